The number of phenolic OH excluding ortho intramolecular Hbond substituents is 1. The highest BCUT2D eigenvalue weighted by Crippen LogP contribution is 2.34. The predicted octanol–water partition coefficient (Wildman–Crippen LogP) is 2.29. The molecule has 1 aliphatic rings. The number of anilines is 1. The second kappa shape index (κ2) is 7.81. The number of phenols is 1. The molecule has 3 N–H and O–H groups in total. The van der Waals surface area contributed by atoms with E-state index in [9.17, 15) is 23.4 Å². The van der Waals surface area contributed by atoms with Crippen molar-refractivity contribution in [3.8, 4) is 5.75 Å². The van der Waals surface area contributed by atoms with Crippen LogP contribution in [0.15, 0.2) is 60.6 Å². The molecule has 0 bridgehead atoms. The molecule has 1 heterocycles. The van der Waals surface area contributed by atoms with Crippen molar-refractivity contribution in [3.05, 3.63) is 71.7 Å². The van der Waals surface area contributed by atoms with Crippen molar-refractivity contribution in [2.45, 2.75) is 19.3 Å². The number of carbonyl (C=O) groups is 1. The van der Waals surface area contributed by atoms with Crippen molar-refractivity contribution in [1.82, 2.24) is 4.72 Å². The Bertz CT molecular complexity index is 1000. The number of aliphatic hydroxyl groups excluding tert-OH is 1. The minimum atomic E-state index is -4.00. The fraction of sp³-hybridized carbons (Fsp3) is 0.211. The minimum absolute atomic E-state index is 0.0207. The highest BCUT2D eigenvalue weighted by molar-refractivity contribution is 7.91. The lowest BCUT2D eigenvalue weighted by Gasteiger charge is -2.18. The van der Waals surface area contributed by atoms with Gasteiger partial charge >= 0.3 is 16.2 Å². The maximum atomic E-state index is 12.4. The Kier molecular flexibility index (Phi) is 5.46. The van der Waals surface area contributed by atoms with Gasteiger partial charge in [0, 0.05) is 0 Å². The number of nitrogens with zero attached hydrogens (tertiary/aromatic N) is 1. The number of nitrogens with one attached hydrogen (secondary N) is 1. The molecular weight excluding hydrogens is 384 g/mol. The van der Waals surface area contributed by atoms with Gasteiger partial charge in [-0.25, -0.2) is 9.03 Å². The summed E-state index contributed by atoms with van der Waals surface area (Å²) in [6, 6.07) is 13.6. The SMILES string of the molecule is CCOC(=O)C(Cc1ccc(N2C=C(O)NS2(=O)=O)c(O)c1)c1ccccc1. The zero-order valence-electron chi connectivity index (χ0n) is 15.1. The number of esters is 1. The second-order valence-corrected chi connectivity index (χ2v) is 7.71. The molecule has 0 aliphatic carbocycles. The van der Waals surface area contributed by atoms with Crippen molar-refractivity contribution in [1.29, 1.82) is 0 Å². The van der Waals surface area contributed by atoms with E-state index in [1.165, 1.54) is 12.1 Å². The summed E-state index contributed by atoms with van der Waals surface area (Å²) in [4.78, 5) is 12.4. The summed E-state index contributed by atoms with van der Waals surface area (Å²) in [7, 11) is -4.00. The van der Waals surface area contributed by atoms with Crippen molar-refractivity contribution < 1.29 is 28.2 Å². The molecule has 9 heteroatoms. The number of benzene rings is 2. The third-order valence-electron chi connectivity index (χ3n) is 4.22. The minimum Gasteiger partial charge on any atom is -0.506 e. The average molecular weight is 404 g/mol. The summed E-state index contributed by atoms with van der Waals surface area (Å²) in [5, 5.41) is 19.7. The Morgan fingerprint density at radius 1 is 1.18 bits per heavy atom. The molecule has 8 nitrogen and oxygen atoms in total. The van der Waals surface area contributed by atoms with Crippen LogP contribution in [0.4, 0.5) is 5.69 Å². The lowest BCUT2D eigenvalue weighted by atomic mass is 9.92. The largest absolute Gasteiger partial charge is 0.506 e. The molecule has 1 unspecified atom stereocenters. The standard InChI is InChI=1S/C19H20N2O6S/c1-2-27-19(24)15(14-6-4-3-5-7-14)10-13-8-9-16(17(22)11-13)21-12-18(23)20-28(21,25)26/h3-9,11-12,15,20,22-23H,2,10H2,1H3. The lowest BCUT2D eigenvalue weighted by molar-refractivity contribution is -0.144. The third kappa shape index (κ3) is 4.04. The third-order valence-corrected chi connectivity index (χ3v) is 5.51. The van der Waals surface area contributed by atoms with E-state index in [1.807, 2.05) is 35.1 Å². The molecule has 0 fully saturated rings. The molecule has 28 heavy (non-hydrogen) atoms. The van der Waals surface area contributed by atoms with Crippen LogP contribution in [0.3, 0.4) is 0 Å². The summed E-state index contributed by atoms with van der Waals surface area (Å²) in [6.45, 7) is 1.98. The zero-order chi connectivity index (χ0) is 20.3. The van der Waals surface area contributed by atoms with E-state index in [2.05, 4.69) is 0 Å². The van der Waals surface area contributed by atoms with E-state index in [-0.39, 0.29) is 30.4 Å². The maximum absolute atomic E-state index is 12.4. The quantitative estimate of drug-likeness (QED) is 0.636. The summed E-state index contributed by atoms with van der Waals surface area (Å²) in [6.07, 6.45) is 1.22. The number of aromatic hydroxyl groups is 1. The molecule has 1 atom stereocenters. The molecule has 0 amide bonds. The summed E-state index contributed by atoms with van der Waals surface area (Å²) < 4.78 is 31.7. The van der Waals surface area contributed by atoms with Crippen LogP contribution in [0.5, 0.6) is 5.75 Å². The van der Waals surface area contributed by atoms with Crippen LogP contribution >= 0.6 is 0 Å². The van der Waals surface area contributed by atoms with Gasteiger partial charge in [0.05, 0.1) is 18.7 Å². The van der Waals surface area contributed by atoms with Crippen LogP contribution in [0, 0.1) is 0 Å². The lowest BCUT2D eigenvalue weighted by Crippen LogP contribution is -2.29. The number of carbonyl (C=O) groups excluding carboxylic acids is 1. The molecule has 0 saturated carbocycles. The van der Waals surface area contributed by atoms with Gasteiger partial charge in [-0.3, -0.25) is 4.79 Å². The fourth-order valence-corrected chi connectivity index (χ4v) is 4.04. The van der Waals surface area contributed by atoms with Gasteiger partial charge in [0.25, 0.3) is 0 Å². The first kappa shape index (κ1) is 19.6. The summed E-state index contributed by atoms with van der Waals surface area (Å²) >= 11 is 0. The molecule has 148 valence electrons. The Labute approximate surface area is 162 Å². The Morgan fingerprint density at radius 3 is 2.46 bits per heavy atom. The van der Waals surface area contributed by atoms with Crippen molar-refractivity contribution in [2.24, 2.45) is 0 Å². The highest BCUT2D eigenvalue weighted by atomic mass is 32.2. The first-order chi connectivity index (χ1) is 13.3. The maximum Gasteiger partial charge on any atom is 0.330 e. The Balaban J connectivity index is 1.89. The van der Waals surface area contributed by atoms with Gasteiger partial charge in [0.1, 0.15) is 11.4 Å². The molecule has 0 radical (unpaired) electrons. The van der Waals surface area contributed by atoms with Crippen molar-refractivity contribution in [2.75, 3.05) is 10.9 Å². The van der Waals surface area contributed by atoms with E-state index in [0.717, 1.165) is 16.1 Å². The zero-order valence-corrected chi connectivity index (χ0v) is 15.9. The van der Waals surface area contributed by atoms with Gasteiger partial charge < -0.3 is 14.9 Å². The summed E-state index contributed by atoms with van der Waals surface area (Å²) in [5.74, 6) is -1.79. The van der Waals surface area contributed by atoms with Crippen LogP contribution in [-0.2, 0) is 26.2 Å². The predicted molar refractivity (Wildman–Crippen MR) is 103 cm³/mol. The summed E-state index contributed by atoms with van der Waals surface area (Å²) in [5.41, 5.74) is 1.39. The fourth-order valence-electron chi connectivity index (χ4n) is 2.97. The normalized spacial score (nSPS) is 16.2. The van der Waals surface area contributed by atoms with Gasteiger partial charge in [-0.2, -0.15) is 8.42 Å². The van der Waals surface area contributed by atoms with Gasteiger partial charge in [0.2, 0.25) is 5.88 Å². The molecule has 0 spiro atoms. The Hall–Kier alpha value is -3.20. The number of hydrogen-bond donors (Lipinski definition) is 3. The van der Waals surface area contributed by atoms with E-state index in [1.54, 1.807) is 13.0 Å². The molecule has 0 saturated heterocycles. The topological polar surface area (TPSA) is 116 Å². The number of rotatable bonds is 6. The number of aliphatic hydroxyl groups is 1. The molecule has 2 aromatic carbocycles. The van der Waals surface area contributed by atoms with Crippen molar-refractivity contribution in [3.63, 3.8) is 0 Å². The van der Waals surface area contributed by atoms with Crippen LogP contribution in [-0.4, -0.2) is 31.2 Å². The van der Waals surface area contributed by atoms with Crippen LogP contribution in [0.2, 0.25) is 0 Å². The first-order valence-corrected chi connectivity index (χ1v) is 10.0. The van der Waals surface area contributed by atoms with Gasteiger partial charge in [-0.1, -0.05) is 36.4 Å². The van der Waals surface area contributed by atoms with E-state index < -0.39 is 22.0 Å². The molecular formula is C19H20N2O6S. The molecule has 3 rings (SSSR count). The van der Waals surface area contributed by atoms with Crippen molar-refractivity contribution >= 4 is 21.9 Å². The van der Waals surface area contributed by atoms with Crippen LogP contribution in [0.1, 0.15) is 24.0 Å². The van der Waals surface area contributed by atoms with Gasteiger partial charge in [0.15, 0.2) is 0 Å². The van der Waals surface area contributed by atoms with E-state index in [0.29, 0.717) is 5.56 Å². The number of ether oxygens (including phenoxy) is 1. The van der Waals surface area contributed by atoms with Gasteiger partial charge in [-0.05, 0) is 36.6 Å². The average Bonchev–Trinajstić information content (AvgIpc) is 2.92. The van der Waals surface area contributed by atoms with Crippen LogP contribution < -0.4 is 9.03 Å². The van der Waals surface area contributed by atoms with Crippen LogP contribution in [0.25, 0.3) is 0 Å². The molecule has 1 aliphatic heterocycles. The highest BCUT2D eigenvalue weighted by Gasteiger charge is 2.31. The Morgan fingerprint density at radius 2 is 1.89 bits per heavy atom. The van der Waals surface area contributed by atoms with E-state index in [4.69, 9.17) is 4.74 Å². The molecule has 0 aromatic heterocycles. The molecule has 2 aromatic rings. The number of hydrogen-bond acceptors (Lipinski definition) is 6. The second-order valence-electron chi connectivity index (χ2n) is 6.16. The van der Waals surface area contributed by atoms with E-state index >= 15 is 0 Å². The monoisotopic (exact) mass is 404 g/mol. The smallest absolute Gasteiger partial charge is 0.330 e. The first-order valence-electron chi connectivity index (χ1n) is 8.58. The van der Waals surface area contributed by atoms with Gasteiger partial charge in [-0.15, -0.1) is 0 Å².